The molecule has 0 heterocycles. The molecule has 0 unspecified atom stereocenters. The lowest BCUT2D eigenvalue weighted by Crippen LogP contribution is -2.34. The molecular weight excluding hydrogens is 404 g/mol. The summed E-state index contributed by atoms with van der Waals surface area (Å²) < 4.78 is 54.6. The van der Waals surface area contributed by atoms with Crippen molar-refractivity contribution >= 4 is 16.1 Å². The Morgan fingerprint density at radius 1 is 1.00 bits per heavy atom. The topological polar surface area (TPSA) is 96.5 Å². The Hall–Kier alpha value is -2.72. The molecule has 0 bridgehead atoms. The van der Waals surface area contributed by atoms with Crippen molar-refractivity contribution in [1.82, 2.24) is 15.4 Å². The number of urea groups is 1. The number of rotatable bonds is 10. The van der Waals surface area contributed by atoms with E-state index >= 15 is 0 Å². The maximum absolute atomic E-state index is 12.2. The van der Waals surface area contributed by atoms with E-state index in [2.05, 4.69) is 15.4 Å². The van der Waals surface area contributed by atoms with Gasteiger partial charge in [0.05, 0.1) is 5.75 Å². The summed E-state index contributed by atoms with van der Waals surface area (Å²) in [6.07, 6.45) is -2.55. The summed E-state index contributed by atoms with van der Waals surface area (Å²) in [5, 5.41) is 5.36. The quantitative estimate of drug-likeness (QED) is 0.542. The van der Waals surface area contributed by atoms with Gasteiger partial charge in [0.2, 0.25) is 10.0 Å². The lowest BCUT2D eigenvalue weighted by molar-refractivity contribution is 0.0818. The molecule has 0 aliphatic heterocycles. The monoisotopic (exact) mass is 427 g/mol. The van der Waals surface area contributed by atoms with Crippen LogP contribution < -0.4 is 20.1 Å². The highest BCUT2D eigenvalue weighted by Gasteiger charge is 2.09. The van der Waals surface area contributed by atoms with E-state index in [0.717, 1.165) is 5.56 Å². The van der Waals surface area contributed by atoms with Crippen molar-refractivity contribution in [2.75, 3.05) is 13.7 Å². The number of hydrogen-bond donors (Lipinski definition) is 3. The smallest absolute Gasteiger partial charge is 0.315 e. The van der Waals surface area contributed by atoms with Gasteiger partial charge in [0, 0.05) is 13.1 Å². The second kappa shape index (κ2) is 10.7. The summed E-state index contributed by atoms with van der Waals surface area (Å²) >= 11 is 0. The molecule has 0 fully saturated rings. The molecule has 2 rings (SSSR count). The number of hydrogen-bond acceptors (Lipinski definition) is 4. The zero-order chi connectivity index (χ0) is 21.3. The van der Waals surface area contributed by atoms with Crippen molar-refractivity contribution < 1.29 is 26.7 Å². The fourth-order valence-corrected chi connectivity index (χ4v) is 3.15. The van der Waals surface area contributed by atoms with Gasteiger partial charge in [-0.2, -0.15) is 0 Å². The first-order valence-electron chi connectivity index (χ1n) is 8.78. The Balaban J connectivity index is 1.78. The predicted octanol–water partition coefficient (Wildman–Crippen LogP) is 2.38. The number of amides is 2. The van der Waals surface area contributed by atoms with Crippen molar-refractivity contribution in [3.05, 3.63) is 65.2 Å². The molecule has 0 aliphatic carbocycles. The molecule has 0 spiro atoms. The van der Waals surface area contributed by atoms with Crippen LogP contribution in [0.25, 0.3) is 0 Å². The first kappa shape index (κ1) is 22.6. The van der Waals surface area contributed by atoms with Crippen molar-refractivity contribution in [1.29, 1.82) is 0 Å². The average Bonchev–Trinajstić information content (AvgIpc) is 2.70. The Morgan fingerprint density at radius 2 is 1.62 bits per heavy atom. The van der Waals surface area contributed by atoms with Gasteiger partial charge in [0.25, 0.3) is 6.43 Å². The Bertz CT molecular complexity index is 906. The molecule has 0 radical (unpaired) electrons. The number of carbonyl (C=O) groups excluding carboxylic acids is 1. The normalized spacial score (nSPS) is 11.3. The van der Waals surface area contributed by atoms with Crippen LogP contribution in [0.3, 0.4) is 0 Å². The summed E-state index contributed by atoms with van der Waals surface area (Å²) in [4.78, 5) is 11.9. The minimum absolute atomic E-state index is 0.113. The number of carbonyl (C=O) groups is 1. The zero-order valence-electron chi connectivity index (χ0n) is 15.8. The molecule has 10 heteroatoms. The minimum Gasteiger partial charge on any atom is -0.488 e. The van der Waals surface area contributed by atoms with Crippen LogP contribution in [-0.2, 0) is 28.9 Å². The molecule has 29 heavy (non-hydrogen) atoms. The molecule has 2 aromatic carbocycles. The van der Waals surface area contributed by atoms with Crippen LogP contribution in [0.1, 0.15) is 16.7 Å². The van der Waals surface area contributed by atoms with Gasteiger partial charge >= 0.3 is 6.03 Å². The van der Waals surface area contributed by atoms with Crippen LogP contribution in [-0.4, -0.2) is 34.5 Å². The maximum atomic E-state index is 12.2. The number of benzene rings is 2. The standard InChI is InChI=1S/C19H23F2N3O4S/c1-22-29(26,27)13-15-7-5-14(6-8-15)10-23-19(25)24-11-16-3-2-4-17(9-16)28-12-18(20)21/h2-9,18,22H,10-13H2,1H3,(H2,23,24,25). The van der Waals surface area contributed by atoms with Gasteiger partial charge < -0.3 is 15.4 Å². The summed E-state index contributed by atoms with van der Waals surface area (Å²) in [5.41, 5.74) is 2.16. The molecule has 7 nitrogen and oxygen atoms in total. The fourth-order valence-electron chi connectivity index (χ4n) is 2.38. The van der Waals surface area contributed by atoms with E-state index in [1.54, 1.807) is 48.5 Å². The van der Waals surface area contributed by atoms with E-state index in [-0.39, 0.29) is 18.8 Å². The fraction of sp³-hybridized carbons (Fsp3) is 0.316. The SMILES string of the molecule is CNS(=O)(=O)Cc1ccc(CNC(=O)NCc2cccc(OCC(F)F)c2)cc1. The number of sulfonamides is 1. The molecule has 2 aromatic rings. The van der Waals surface area contributed by atoms with E-state index in [0.29, 0.717) is 16.9 Å². The molecule has 0 saturated heterocycles. The van der Waals surface area contributed by atoms with Crippen molar-refractivity contribution in [3.63, 3.8) is 0 Å². The molecule has 0 atom stereocenters. The third-order valence-corrected chi connectivity index (χ3v) is 5.21. The molecule has 0 aromatic heterocycles. The summed E-state index contributed by atoms with van der Waals surface area (Å²) in [6, 6.07) is 13.0. The van der Waals surface area contributed by atoms with Crippen LogP contribution in [0.2, 0.25) is 0 Å². The third-order valence-electron chi connectivity index (χ3n) is 3.87. The van der Waals surface area contributed by atoms with E-state index in [4.69, 9.17) is 4.74 Å². The number of nitrogens with one attached hydrogen (secondary N) is 3. The van der Waals surface area contributed by atoms with Crippen molar-refractivity contribution in [2.45, 2.75) is 25.3 Å². The maximum Gasteiger partial charge on any atom is 0.315 e. The Kier molecular flexibility index (Phi) is 8.34. The summed E-state index contributed by atoms with van der Waals surface area (Å²) in [5.74, 6) is 0.197. The van der Waals surface area contributed by atoms with Crippen LogP contribution >= 0.6 is 0 Å². The molecular formula is C19H23F2N3O4S. The van der Waals surface area contributed by atoms with Crippen LogP contribution in [0.4, 0.5) is 13.6 Å². The second-order valence-electron chi connectivity index (χ2n) is 6.17. The van der Waals surface area contributed by atoms with Crippen molar-refractivity contribution in [2.24, 2.45) is 0 Å². The van der Waals surface area contributed by atoms with Gasteiger partial charge in [-0.3, -0.25) is 0 Å². The lowest BCUT2D eigenvalue weighted by atomic mass is 10.1. The van der Waals surface area contributed by atoms with Gasteiger partial charge in [0.1, 0.15) is 12.4 Å². The van der Waals surface area contributed by atoms with Gasteiger partial charge in [-0.15, -0.1) is 0 Å². The summed E-state index contributed by atoms with van der Waals surface area (Å²) in [6.45, 7) is -0.210. The van der Waals surface area contributed by atoms with Gasteiger partial charge in [-0.05, 0) is 35.9 Å². The predicted molar refractivity (Wildman–Crippen MR) is 105 cm³/mol. The lowest BCUT2D eigenvalue weighted by Gasteiger charge is -2.10. The van der Waals surface area contributed by atoms with E-state index in [1.807, 2.05) is 0 Å². The third kappa shape index (κ3) is 8.44. The zero-order valence-corrected chi connectivity index (χ0v) is 16.6. The van der Waals surface area contributed by atoms with Gasteiger partial charge in [-0.1, -0.05) is 36.4 Å². The van der Waals surface area contributed by atoms with E-state index in [9.17, 15) is 22.0 Å². The summed E-state index contributed by atoms with van der Waals surface area (Å²) in [7, 11) is -1.97. The van der Waals surface area contributed by atoms with Crippen molar-refractivity contribution in [3.8, 4) is 5.75 Å². The molecule has 158 valence electrons. The number of alkyl halides is 2. The van der Waals surface area contributed by atoms with E-state index < -0.39 is 29.1 Å². The largest absolute Gasteiger partial charge is 0.488 e. The highest BCUT2D eigenvalue weighted by molar-refractivity contribution is 7.88. The van der Waals surface area contributed by atoms with Crippen LogP contribution in [0.5, 0.6) is 5.75 Å². The Morgan fingerprint density at radius 3 is 2.24 bits per heavy atom. The first-order valence-corrected chi connectivity index (χ1v) is 10.4. The number of halogens is 2. The van der Waals surface area contributed by atoms with Gasteiger partial charge in [0.15, 0.2) is 0 Å². The highest BCUT2D eigenvalue weighted by atomic mass is 32.2. The van der Waals surface area contributed by atoms with Gasteiger partial charge in [-0.25, -0.2) is 26.7 Å². The average molecular weight is 427 g/mol. The molecule has 2 amide bonds. The number of ether oxygens (including phenoxy) is 1. The molecule has 3 N–H and O–H groups in total. The molecule has 0 aliphatic rings. The minimum atomic E-state index is -3.33. The molecule has 0 saturated carbocycles. The van der Waals surface area contributed by atoms with Crippen LogP contribution in [0, 0.1) is 0 Å². The highest BCUT2D eigenvalue weighted by Crippen LogP contribution is 2.14. The van der Waals surface area contributed by atoms with Crippen LogP contribution in [0.15, 0.2) is 48.5 Å². The Labute approximate surface area is 168 Å². The van der Waals surface area contributed by atoms with E-state index in [1.165, 1.54) is 7.05 Å². The first-order chi connectivity index (χ1) is 13.8. The second-order valence-corrected chi connectivity index (χ2v) is 8.09.